The van der Waals surface area contributed by atoms with Crippen molar-refractivity contribution < 1.29 is 37.3 Å². The number of hydrogen-bond donors (Lipinski definition) is 1. The van der Waals surface area contributed by atoms with E-state index >= 15 is 0 Å². The van der Waals surface area contributed by atoms with E-state index in [2.05, 4.69) is 86.8 Å². The quantitative estimate of drug-likeness (QED) is 0.0212. The van der Waals surface area contributed by atoms with Gasteiger partial charge in [-0.05, 0) is 102 Å². The van der Waals surface area contributed by atoms with E-state index in [0.717, 1.165) is 89.9 Å². The number of phosphoric acid groups is 1. The first kappa shape index (κ1) is 82.5. The van der Waals surface area contributed by atoms with E-state index in [1.54, 1.807) is 0 Å². The second-order valence-electron chi connectivity index (χ2n) is 25.7. The zero-order chi connectivity index (χ0) is 62.1. The Morgan fingerprint density at radius 2 is 0.718 bits per heavy atom. The fraction of sp³-hybridized carbons (Fsp3) is 0.813. The summed E-state index contributed by atoms with van der Waals surface area (Å²) in [6, 6.07) is -0.893. The summed E-state index contributed by atoms with van der Waals surface area (Å²) in [7, 11) is 1.19. The van der Waals surface area contributed by atoms with E-state index in [-0.39, 0.29) is 31.5 Å². The van der Waals surface area contributed by atoms with E-state index in [9.17, 15) is 19.0 Å². The maximum atomic E-state index is 13.6. The van der Waals surface area contributed by atoms with Crippen molar-refractivity contribution in [3.8, 4) is 0 Å². The maximum absolute atomic E-state index is 13.6. The molecule has 0 aromatic rings. The first-order valence-electron chi connectivity index (χ1n) is 36.2. The molecule has 3 atom stereocenters. The lowest BCUT2D eigenvalue weighted by Crippen LogP contribution is -2.47. The third-order valence-corrected chi connectivity index (χ3v) is 17.1. The molecule has 0 aliphatic carbocycles. The van der Waals surface area contributed by atoms with E-state index in [1.807, 2.05) is 33.3 Å². The van der Waals surface area contributed by atoms with Gasteiger partial charge in [0.15, 0.2) is 0 Å². The molecule has 9 nitrogen and oxygen atoms in total. The second-order valence-corrected chi connectivity index (χ2v) is 27.1. The lowest BCUT2D eigenvalue weighted by molar-refractivity contribution is -0.870. The highest BCUT2D eigenvalue weighted by molar-refractivity contribution is 7.45. The van der Waals surface area contributed by atoms with Crippen molar-refractivity contribution in [2.45, 2.75) is 354 Å². The van der Waals surface area contributed by atoms with Crippen LogP contribution in [0.25, 0.3) is 0 Å². The molecule has 0 saturated heterocycles. The minimum atomic E-state index is -4.71. The molecule has 10 heteroatoms. The lowest BCUT2D eigenvalue weighted by Gasteiger charge is -2.30. The standard InChI is InChI=1S/C75H139N2O7P/c1-7-10-13-16-19-22-25-28-30-32-34-35-36-37-38-39-40-41-43-45-47-50-53-56-59-62-65-68-75(79)84-73(66-63-60-57-54-51-48-27-24-21-18-15-12-9-3)72(71-83-85(80,81)82-70-69-77(4,5)6)76-74(78)67-64-61-58-55-52-49-46-44-42-33-31-29-26-23-20-17-14-11-8-2/h19-20,22-23,28-31,34-35,63,66,72-73H,7-18,21,24-27,32-33,36-62,64-65,67-71H2,1-6H3,(H-,76,78,80,81)/b22-19-,23-20-,30-28-,31-29-,35-34-,66-63-. The smallest absolute Gasteiger partial charge is 0.306 e. The number of nitrogens with one attached hydrogen (secondary N) is 1. The van der Waals surface area contributed by atoms with Crippen LogP contribution in [0.3, 0.4) is 0 Å². The molecule has 0 heterocycles. The van der Waals surface area contributed by atoms with Gasteiger partial charge in [-0.2, -0.15) is 0 Å². The van der Waals surface area contributed by atoms with E-state index < -0.39 is 20.0 Å². The highest BCUT2D eigenvalue weighted by Crippen LogP contribution is 2.38. The molecule has 0 aromatic carbocycles. The Labute approximate surface area is 527 Å². The van der Waals surface area contributed by atoms with Crippen LogP contribution in [0, 0.1) is 0 Å². The Morgan fingerprint density at radius 1 is 0.412 bits per heavy atom. The summed E-state index contributed by atoms with van der Waals surface area (Å²) in [5.41, 5.74) is 0. The van der Waals surface area contributed by atoms with Gasteiger partial charge in [-0.1, -0.05) is 299 Å². The monoisotopic (exact) mass is 1210 g/mol. The number of hydrogen-bond acceptors (Lipinski definition) is 7. The second kappa shape index (κ2) is 64.4. The van der Waals surface area contributed by atoms with Crippen LogP contribution in [0.4, 0.5) is 0 Å². The van der Waals surface area contributed by atoms with Crippen LogP contribution in [0.1, 0.15) is 342 Å². The van der Waals surface area contributed by atoms with Crippen molar-refractivity contribution in [3.05, 3.63) is 72.9 Å². The topological polar surface area (TPSA) is 114 Å². The van der Waals surface area contributed by atoms with Gasteiger partial charge in [0.25, 0.3) is 7.82 Å². The molecule has 1 amide bonds. The van der Waals surface area contributed by atoms with Crippen LogP contribution in [-0.4, -0.2) is 69.4 Å². The molecule has 0 radical (unpaired) electrons. The van der Waals surface area contributed by atoms with Gasteiger partial charge in [-0.3, -0.25) is 14.2 Å². The Morgan fingerprint density at radius 3 is 1.09 bits per heavy atom. The molecule has 0 spiro atoms. The van der Waals surface area contributed by atoms with Crippen LogP contribution in [0.15, 0.2) is 72.9 Å². The largest absolute Gasteiger partial charge is 0.756 e. The molecule has 0 bridgehead atoms. The number of nitrogens with zero attached hydrogens (tertiary/aromatic N) is 1. The predicted octanol–water partition coefficient (Wildman–Crippen LogP) is 22.5. The number of unbranched alkanes of at least 4 members (excludes halogenated alkanes) is 40. The molecule has 0 aliphatic heterocycles. The molecule has 0 saturated carbocycles. The molecular formula is C75H139N2O7P. The van der Waals surface area contributed by atoms with Crippen molar-refractivity contribution in [1.82, 2.24) is 5.32 Å². The number of quaternary nitrogens is 1. The number of allylic oxidation sites excluding steroid dienone is 11. The number of phosphoric ester groups is 1. The summed E-state index contributed by atoms with van der Waals surface area (Å²) in [6.07, 6.45) is 84.5. The minimum Gasteiger partial charge on any atom is -0.756 e. The summed E-state index contributed by atoms with van der Waals surface area (Å²) in [6.45, 7) is 6.83. The van der Waals surface area contributed by atoms with Crippen LogP contribution < -0.4 is 10.2 Å². The molecule has 0 aromatic heterocycles. The SMILES string of the molecule is CCCCC/C=C\C/C=C\C/C=C\CCCCCCCCCCCCCCCCC(=O)OC(/C=C\CCCCCCCCCCCCC)C(COP(=O)([O-])OCC[N+](C)(C)C)NC(=O)CCCCCCCCCCC/C=C\C/C=C\CCCCC. The van der Waals surface area contributed by atoms with Gasteiger partial charge in [0.2, 0.25) is 5.91 Å². The molecule has 85 heavy (non-hydrogen) atoms. The van der Waals surface area contributed by atoms with Gasteiger partial charge in [0, 0.05) is 12.8 Å². The predicted molar refractivity (Wildman–Crippen MR) is 367 cm³/mol. The molecule has 0 aliphatic rings. The maximum Gasteiger partial charge on any atom is 0.306 e. The van der Waals surface area contributed by atoms with Crippen molar-refractivity contribution >= 4 is 19.7 Å². The molecular weight excluding hydrogens is 1070 g/mol. The zero-order valence-electron chi connectivity index (χ0n) is 56.8. The third-order valence-electron chi connectivity index (χ3n) is 16.1. The summed E-state index contributed by atoms with van der Waals surface area (Å²) >= 11 is 0. The summed E-state index contributed by atoms with van der Waals surface area (Å²) in [5, 5.41) is 3.04. The number of amides is 1. The molecule has 0 rings (SSSR count). The Kier molecular flexibility index (Phi) is 62.5. The third kappa shape index (κ3) is 65.7. The Bertz CT molecular complexity index is 1680. The fourth-order valence-corrected chi connectivity index (χ4v) is 11.2. The average molecular weight is 1210 g/mol. The van der Waals surface area contributed by atoms with Crippen molar-refractivity contribution in [2.24, 2.45) is 0 Å². The normalized spacial score (nSPS) is 13.9. The van der Waals surface area contributed by atoms with Gasteiger partial charge in [0.1, 0.15) is 19.3 Å². The number of carbonyl (C=O) groups is 2. The fourth-order valence-electron chi connectivity index (χ4n) is 10.5. The Hall–Kier alpha value is -2.55. The van der Waals surface area contributed by atoms with E-state index in [1.165, 1.54) is 218 Å². The van der Waals surface area contributed by atoms with Gasteiger partial charge in [-0.15, -0.1) is 0 Å². The zero-order valence-corrected chi connectivity index (χ0v) is 57.7. The highest BCUT2D eigenvalue weighted by Gasteiger charge is 2.27. The van der Waals surface area contributed by atoms with Crippen LogP contribution in [-0.2, 0) is 27.9 Å². The van der Waals surface area contributed by atoms with Gasteiger partial charge >= 0.3 is 5.97 Å². The van der Waals surface area contributed by atoms with Crippen LogP contribution in [0.2, 0.25) is 0 Å². The highest BCUT2D eigenvalue weighted by atomic mass is 31.2. The lowest BCUT2D eigenvalue weighted by atomic mass is 10.0. The minimum absolute atomic E-state index is 0.0240. The van der Waals surface area contributed by atoms with E-state index in [0.29, 0.717) is 17.4 Å². The van der Waals surface area contributed by atoms with Crippen molar-refractivity contribution in [2.75, 3.05) is 40.9 Å². The molecule has 0 fully saturated rings. The molecule has 496 valence electrons. The van der Waals surface area contributed by atoms with Gasteiger partial charge in [-0.25, -0.2) is 0 Å². The number of likely N-dealkylation sites (N-methyl/N-ethyl adjacent to an activating group) is 1. The molecule has 1 N–H and O–H groups in total. The van der Waals surface area contributed by atoms with Crippen molar-refractivity contribution in [3.63, 3.8) is 0 Å². The summed E-state index contributed by atoms with van der Waals surface area (Å²) in [4.78, 5) is 40.2. The number of ether oxygens (including phenoxy) is 1. The van der Waals surface area contributed by atoms with Gasteiger partial charge < -0.3 is 28.5 Å². The van der Waals surface area contributed by atoms with Crippen LogP contribution in [0.5, 0.6) is 0 Å². The Balaban J connectivity index is 5.05. The molecule has 3 unspecified atom stereocenters. The first-order chi connectivity index (χ1) is 41.4. The summed E-state index contributed by atoms with van der Waals surface area (Å²) < 4.78 is 30.5. The first-order valence-corrected chi connectivity index (χ1v) is 37.7. The van der Waals surface area contributed by atoms with Gasteiger partial charge in [0.05, 0.1) is 33.8 Å². The number of rotatable bonds is 66. The average Bonchev–Trinajstić information content (AvgIpc) is 3.50. The van der Waals surface area contributed by atoms with Crippen molar-refractivity contribution in [1.29, 1.82) is 0 Å². The number of carbonyl (C=O) groups excluding carboxylic acids is 2. The van der Waals surface area contributed by atoms with Crippen LogP contribution >= 0.6 is 7.82 Å². The summed E-state index contributed by atoms with van der Waals surface area (Å²) in [5.74, 6) is -0.536. The van der Waals surface area contributed by atoms with E-state index in [4.69, 9.17) is 13.8 Å². The number of esters is 1.